The van der Waals surface area contributed by atoms with Crippen molar-refractivity contribution in [1.29, 1.82) is 0 Å². The van der Waals surface area contributed by atoms with Crippen LogP contribution in [0.15, 0.2) is 72.8 Å². The van der Waals surface area contributed by atoms with Crippen molar-refractivity contribution in [2.75, 3.05) is 12.1 Å². The van der Waals surface area contributed by atoms with Crippen LogP contribution >= 0.6 is 11.8 Å². The highest BCUT2D eigenvalue weighted by Crippen LogP contribution is 2.34. The summed E-state index contributed by atoms with van der Waals surface area (Å²) in [5, 5.41) is 2.89. The summed E-state index contributed by atoms with van der Waals surface area (Å²) in [4.78, 5) is 12.4. The van der Waals surface area contributed by atoms with Gasteiger partial charge in [0.1, 0.15) is 0 Å². The number of rotatable bonds is 6. The van der Waals surface area contributed by atoms with E-state index >= 15 is 0 Å². The van der Waals surface area contributed by atoms with Crippen LogP contribution in [-0.4, -0.2) is 12.7 Å². The van der Waals surface area contributed by atoms with E-state index in [1.165, 1.54) is 11.1 Å². The zero-order valence-electron chi connectivity index (χ0n) is 14.7. The van der Waals surface area contributed by atoms with Crippen molar-refractivity contribution in [3.05, 3.63) is 89.5 Å². The average molecular weight is 377 g/mol. The number of anilines is 1. The molecule has 0 bridgehead atoms. The van der Waals surface area contributed by atoms with Gasteiger partial charge >= 0.3 is 0 Å². The fourth-order valence-corrected chi connectivity index (χ4v) is 3.75. The molecule has 0 unspecified atom stereocenters. The quantitative estimate of drug-likeness (QED) is 0.649. The molecule has 0 radical (unpaired) electrons. The topological polar surface area (TPSA) is 47.6 Å². The highest BCUT2D eigenvalue weighted by molar-refractivity contribution is 7.97. The van der Waals surface area contributed by atoms with Crippen molar-refractivity contribution < 1.29 is 14.3 Å². The first-order valence-electron chi connectivity index (χ1n) is 8.69. The molecule has 136 valence electrons. The van der Waals surface area contributed by atoms with Gasteiger partial charge < -0.3 is 14.8 Å². The molecule has 0 saturated heterocycles. The van der Waals surface area contributed by atoms with Crippen LogP contribution in [0.5, 0.6) is 11.5 Å². The molecule has 1 aliphatic rings. The third-order valence-electron chi connectivity index (χ3n) is 4.23. The molecule has 3 aromatic carbocycles. The van der Waals surface area contributed by atoms with Crippen LogP contribution in [0.3, 0.4) is 0 Å². The van der Waals surface area contributed by atoms with E-state index in [0.717, 1.165) is 11.5 Å². The van der Waals surface area contributed by atoms with Gasteiger partial charge in [0.2, 0.25) is 6.79 Å². The predicted octanol–water partition coefficient (Wildman–Crippen LogP) is 5.10. The maximum Gasteiger partial charge on any atom is 0.255 e. The molecule has 4 rings (SSSR count). The Morgan fingerprint density at radius 3 is 2.33 bits per heavy atom. The van der Waals surface area contributed by atoms with Gasteiger partial charge in [-0.3, -0.25) is 4.79 Å². The molecule has 1 amide bonds. The molecule has 1 aliphatic heterocycles. The molecule has 1 heterocycles. The van der Waals surface area contributed by atoms with Gasteiger partial charge in [-0.25, -0.2) is 0 Å². The number of ether oxygens (including phenoxy) is 2. The molecule has 27 heavy (non-hydrogen) atoms. The number of benzene rings is 3. The Balaban J connectivity index is 1.32. The zero-order chi connectivity index (χ0) is 18.5. The van der Waals surface area contributed by atoms with E-state index in [1.54, 1.807) is 18.2 Å². The molecule has 4 nitrogen and oxygen atoms in total. The number of hydrogen-bond acceptors (Lipinski definition) is 4. The second kappa shape index (κ2) is 8.18. The highest BCUT2D eigenvalue weighted by atomic mass is 32.2. The molecule has 1 N–H and O–H groups in total. The average Bonchev–Trinajstić information content (AvgIpc) is 3.17. The number of carbonyl (C=O) groups is 1. The van der Waals surface area contributed by atoms with Gasteiger partial charge in [0.25, 0.3) is 5.91 Å². The number of nitrogens with one attached hydrogen (secondary N) is 1. The Bertz CT molecular complexity index is 926. The van der Waals surface area contributed by atoms with Gasteiger partial charge in [0, 0.05) is 28.8 Å². The summed E-state index contributed by atoms with van der Waals surface area (Å²) in [6.45, 7) is 0.219. The second-order valence-electron chi connectivity index (χ2n) is 6.20. The lowest BCUT2D eigenvalue weighted by Gasteiger charge is -2.07. The van der Waals surface area contributed by atoms with Crippen LogP contribution in [0.4, 0.5) is 5.69 Å². The van der Waals surface area contributed by atoms with Crippen molar-refractivity contribution >= 4 is 23.4 Å². The number of carbonyl (C=O) groups excluding carboxylic acids is 1. The molecule has 5 heteroatoms. The first-order chi connectivity index (χ1) is 13.3. The number of amides is 1. The Morgan fingerprint density at radius 2 is 1.56 bits per heavy atom. The predicted molar refractivity (Wildman–Crippen MR) is 108 cm³/mol. The Morgan fingerprint density at radius 1 is 0.852 bits per heavy atom. The molecule has 0 saturated carbocycles. The van der Waals surface area contributed by atoms with E-state index in [4.69, 9.17) is 9.47 Å². The van der Waals surface area contributed by atoms with Crippen LogP contribution in [-0.2, 0) is 11.5 Å². The van der Waals surface area contributed by atoms with E-state index in [1.807, 2.05) is 42.1 Å². The lowest BCUT2D eigenvalue weighted by molar-refractivity contribution is 0.102. The zero-order valence-corrected chi connectivity index (χ0v) is 15.5. The molecule has 0 spiro atoms. The molecule has 0 fully saturated rings. The minimum atomic E-state index is -0.141. The normalized spacial score (nSPS) is 12.0. The first-order valence-corrected chi connectivity index (χ1v) is 9.85. The minimum Gasteiger partial charge on any atom is -0.454 e. The SMILES string of the molecule is O=C(Nc1ccc2c(c1)OCO2)c1ccc(CSCc2ccccc2)cc1. The Hall–Kier alpha value is -2.92. The van der Waals surface area contributed by atoms with E-state index < -0.39 is 0 Å². The van der Waals surface area contributed by atoms with Gasteiger partial charge in [0.15, 0.2) is 11.5 Å². The van der Waals surface area contributed by atoms with E-state index in [2.05, 4.69) is 29.6 Å². The summed E-state index contributed by atoms with van der Waals surface area (Å²) >= 11 is 1.86. The monoisotopic (exact) mass is 377 g/mol. The summed E-state index contributed by atoms with van der Waals surface area (Å²) < 4.78 is 10.6. The third-order valence-corrected chi connectivity index (χ3v) is 5.30. The van der Waals surface area contributed by atoms with Gasteiger partial charge in [-0.2, -0.15) is 11.8 Å². The molecule has 3 aromatic rings. The van der Waals surface area contributed by atoms with Crippen molar-refractivity contribution in [1.82, 2.24) is 0 Å². The van der Waals surface area contributed by atoms with Gasteiger partial charge in [-0.05, 0) is 35.4 Å². The fourth-order valence-electron chi connectivity index (χ4n) is 2.79. The number of thioether (sulfide) groups is 1. The van der Waals surface area contributed by atoms with Crippen molar-refractivity contribution in [3.8, 4) is 11.5 Å². The Kier molecular flexibility index (Phi) is 5.30. The van der Waals surface area contributed by atoms with E-state index in [0.29, 0.717) is 22.7 Å². The molecule has 0 aromatic heterocycles. The number of hydrogen-bond donors (Lipinski definition) is 1. The van der Waals surface area contributed by atoms with Crippen LogP contribution in [0, 0.1) is 0 Å². The lowest BCUT2D eigenvalue weighted by Crippen LogP contribution is -2.11. The first kappa shape index (κ1) is 17.5. The summed E-state index contributed by atoms with van der Waals surface area (Å²) in [5.74, 6) is 3.10. The maximum atomic E-state index is 12.4. The maximum absolute atomic E-state index is 12.4. The lowest BCUT2D eigenvalue weighted by atomic mass is 10.1. The summed E-state index contributed by atoms with van der Waals surface area (Å²) in [5.41, 5.74) is 3.84. The van der Waals surface area contributed by atoms with Crippen LogP contribution in [0.1, 0.15) is 21.5 Å². The molecular formula is C22H19NO3S. The van der Waals surface area contributed by atoms with Crippen LogP contribution in [0.2, 0.25) is 0 Å². The summed E-state index contributed by atoms with van der Waals surface area (Å²) in [7, 11) is 0. The third kappa shape index (κ3) is 4.44. The van der Waals surface area contributed by atoms with E-state index in [9.17, 15) is 4.79 Å². The second-order valence-corrected chi connectivity index (χ2v) is 7.18. The minimum absolute atomic E-state index is 0.141. The smallest absolute Gasteiger partial charge is 0.255 e. The van der Waals surface area contributed by atoms with Gasteiger partial charge in [-0.1, -0.05) is 42.5 Å². The van der Waals surface area contributed by atoms with Crippen molar-refractivity contribution in [2.45, 2.75) is 11.5 Å². The van der Waals surface area contributed by atoms with Crippen LogP contribution in [0.25, 0.3) is 0 Å². The molecular weight excluding hydrogens is 358 g/mol. The van der Waals surface area contributed by atoms with Crippen molar-refractivity contribution in [3.63, 3.8) is 0 Å². The van der Waals surface area contributed by atoms with Crippen LogP contribution < -0.4 is 14.8 Å². The molecule has 0 aliphatic carbocycles. The number of fused-ring (bicyclic) bond motifs is 1. The van der Waals surface area contributed by atoms with Gasteiger partial charge in [0.05, 0.1) is 0 Å². The summed E-state index contributed by atoms with van der Waals surface area (Å²) in [6.07, 6.45) is 0. The molecule has 0 atom stereocenters. The van der Waals surface area contributed by atoms with Gasteiger partial charge in [-0.15, -0.1) is 0 Å². The standard InChI is InChI=1S/C22H19NO3S/c24-22(23-19-10-11-20-21(12-19)26-15-25-20)18-8-6-17(7-9-18)14-27-13-16-4-2-1-3-5-16/h1-12H,13-15H2,(H,23,24). The largest absolute Gasteiger partial charge is 0.454 e. The fraction of sp³-hybridized carbons (Fsp3) is 0.136. The van der Waals surface area contributed by atoms with E-state index in [-0.39, 0.29) is 12.7 Å². The Labute approximate surface area is 162 Å². The summed E-state index contributed by atoms with van der Waals surface area (Å²) in [6, 6.07) is 23.5. The highest BCUT2D eigenvalue weighted by Gasteiger charge is 2.14. The van der Waals surface area contributed by atoms with Crippen molar-refractivity contribution in [2.24, 2.45) is 0 Å².